The number of rotatable bonds is 5. The Morgan fingerprint density at radius 3 is 2.75 bits per heavy atom. The number of likely N-dealkylation sites (N-methyl/N-ethyl adjacent to an activating group) is 1. The first-order valence-electron chi connectivity index (χ1n) is 5.00. The fraction of sp³-hybridized carbons (Fsp3) is 0.455. The van der Waals surface area contributed by atoms with Crippen molar-refractivity contribution in [2.45, 2.75) is 6.10 Å². The van der Waals surface area contributed by atoms with E-state index in [0.29, 0.717) is 18.1 Å². The van der Waals surface area contributed by atoms with E-state index in [9.17, 15) is 5.11 Å². The first-order valence-corrected chi connectivity index (χ1v) is 6.18. The van der Waals surface area contributed by atoms with Crippen LogP contribution in [0.3, 0.4) is 0 Å². The minimum Gasteiger partial charge on any atom is -0.390 e. The van der Waals surface area contributed by atoms with Crippen molar-refractivity contribution in [3.05, 3.63) is 27.7 Å². The highest BCUT2D eigenvalue weighted by Gasteiger charge is 2.05. The van der Waals surface area contributed by atoms with Crippen LogP contribution in [0, 0.1) is 0 Å². The molecule has 0 fully saturated rings. The molecule has 1 unspecified atom stereocenters. The predicted octanol–water partition coefficient (Wildman–Crippen LogP) is 2.44. The molecule has 0 aromatic heterocycles. The largest absolute Gasteiger partial charge is 0.390 e. The molecule has 0 spiro atoms. The molecule has 90 valence electrons. The van der Waals surface area contributed by atoms with Gasteiger partial charge in [0.1, 0.15) is 0 Å². The van der Waals surface area contributed by atoms with E-state index in [4.69, 9.17) is 11.6 Å². The van der Waals surface area contributed by atoms with Crippen molar-refractivity contribution >= 4 is 33.2 Å². The lowest BCUT2D eigenvalue weighted by Gasteiger charge is -2.17. The van der Waals surface area contributed by atoms with Gasteiger partial charge in [0, 0.05) is 23.2 Å². The van der Waals surface area contributed by atoms with Gasteiger partial charge in [-0.05, 0) is 48.2 Å². The fourth-order valence-corrected chi connectivity index (χ4v) is 1.82. The summed E-state index contributed by atoms with van der Waals surface area (Å²) in [5, 5.41) is 13.5. The molecule has 0 saturated heterocycles. The number of hydrogen-bond donors (Lipinski definition) is 2. The lowest BCUT2D eigenvalue weighted by Crippen LogP contribution is -2.31. The molecule has 5 heteroatoms. The fourth-order valence-electron chi connectivity index (χ4n) is 1.33. The van der Waals surface area contributed by atoms with Crippen LogP contribution in [0.4, 0.5) is 5.69 Å². The first-order chi connectivity index (χ1) is 7.49. The molecule has 1 aromatic carbocycles. The van der Waals surface area contributed by atoms with Crippen molar-refractivity contribution in [2.24, 2.45) is 0 Å². The van der Waals surface area contributed by atoms with Crippen LogP contribution < -0.4 is 5.32 Å². The van der Waals surface area contributed by atoms with Gasteiger partial charge in [-0.1, -0.05) is 11.6 Å². The van der Waals surface area contributed by atoms with E-state index in [-0.39, 0.29) is 6.10 Å². The summed E-state index contributed by atoms with van der Waals surface area (Å²) < 4.78 is 0.848. The summed E-state index contributed by atoms with van der Waals surface area (Å²) in [6.07, 6.45) is -0.385. The van der Waals surface area contributed by atoms with Crippen molar-refractivity contribution in [3.8, 4) is 0 Å². The van der Waals surface area contributed by atoms with Crippen molar-refractivity contribution in [3.63, 3.8) is 0 Å². The van der Waals surface area contributed by atoms with E-state index in [1.165, 1.54) is 0 Å². The Morgan fingerprint density at radius 1 is 1.50 bits per heavy atom. The van der Waals surface area contributed by atoms with Crippen molar-refractivity contribution in [1.82, 2.24) is 4.90 Å². The maximum Gasteiger partial charge on any atom is 0.0838 e. The highest BCUT2D eigenvalue weighted by molar-refractivity contribution is 9.10. The third-order valence-corrected chi connectivity index (χ3v) is 3.25. The second-order valence-electron chi connectivity index (χ2n) is 3.93. The molecule has 0 amide bonds. The van der Waals surface area contributed by atoms with Gasteiger partial charge in [-0.2, -0.15) is 0 Å². The smallest absolute Gasteiger partial charge is 0.0838 e. The molecule has 0 aliphatic carbocycles. The maximum absolute atomic E-state index is 9.66. The van der Waals surface area contributed by atoms with Gasteiger partial charge in [0.25, 0.3) is 0 Å². The van der Waals surface area contributed by atoms with Gasteiger partial charge in [0.2, 0.25) is 0 Å². The number of benzene rings is 1. The molecule has 1 aromatic rings. The van der Waals surface area contributed by atoms with E-state index >= 15 is 0 Å². The minimum absolute atomic E-state index is 0.385. The van der Waals surface area contributed by atoms with Gasteiger partial charge < -0.3 is 15.3 Å². The van der Waals surface area contributed by atoms with Gasteiger partial charge >= 0.3 is 0 Å². The Hall–Kier alpha value is -0.290. The van der Waals surface area contributed by atoms with Crippen LogP contribution in [0.15, 0.2) is 22.7 Å². The molecule has 16 heavy (non-hydrogen) atoms. The summed E-state index contributed by atoms with van der Waals surface area (Å²) in [5.41, 5.74) is 0.939. The van der Waals surface area contributed by atoms with Crippen LogP contribution in [0.1, 0.15) is 0 Å². The zero-order chi connectivity index (χ0) is 12.1. The van der Waals surface area contributed by atoms with Gasteiger partial charge in [0.15, 0.2) is 0 Å². The normalized spacial score (nSPS) is 12.9. The summed E-state index contributed by atoms with van der Waals surface area (Å²) in [6, 6.07) is 5.59. The van der Waals surface area contributed by atoms with E-state index < -0.39 is 0 Å². The van der Waals surface area contributed by atoms with Gasteiger partial charge in [-0.25, -0.2) is 0 Å². The summed E-state index contributed by atoms with van der Waals surface area (Å²) in [5.74, 6) is 0. The van der Waals surface area contributed by atoms with Crippen LogP contribution in [-0.2, 0) is 0 Å². The Morgan fingerprint density at radius 2 is 2.19 bits per heavy atom. The molecule has 0 heterocycles. The molecule has 0 bridgehead atoms. The van der Waals surface area contributed by atoms with Crippen molar-refractivity contribution in [1.29, 1.82) is 0 Å². The van der Waals surface area contributed by atoms with Crippen LogP contribution >= 0.6 is 27.5 Å². The standard InChI is InChI=1S/C11H16BrClN2O/c1-15(2)7-9(16)6-14-8-3-4-11(13)10(12)5-8/h3-5,9,14,16H,6-7H2,1-2H3. The number of hydrogen-bond acceptors (Lipinski definition) is 3. The van der Waals surface area contributed by atoms with E-state index in [2.05, 4.69) is 21.2 Å². The first kappa shape index (κ1) is 13.8. The molecule has 2 N–H and O–H groups in total. The summed E-state index contributed by atoms with van der Waals surface area (Å²) in [4.78, 5) is 1.95. The summed E-state index contributed by atoms with van der Waals surface area (Å²) in [6.45, 7) is 1.16. The average Bonchev–Trinajstić information content (AvgIpc) is 2.19. The minimum atomic E-state index is -0.385. The van der Waals surface area contributed by atoms with E-state index in [0.717, 1.165) is 10.2 Å². The Kier molecular flexibility index (Phi) is 5.55. The number of nitrogens with zero attached hydrogens (tertiary/aromatic N) is 1. The zero-order valence-electron chi connectivity index (χ0n) is 9.37. The quantitative estimate of drug-likeness (QED) is 0.877. The number of nitrogens with one attached hydrogen (secondary N) is 1. The molecular formula is C11H16BrClN2O. The second kappa shape index (κ2) is 6.45. The number of aliphatic hydroxyl groups excluding tert-OH is 1. The van der Waals surface area contributed by atoms with Gasteiger partial charge in [0.05, 0.1) is 11.1 Å². The molecule has 1 rings (SSSR count). The molecule has 0 aliphatic heterocycles. The van der Waals surface area contributed by atoms with Crippen LogP contribution in [0.25, 0.3) is 0 Å². The molecule has 0 aliphatic rings. The van der Waals surface area contributed by atoms with Crippen LogP contribution in [0.5, 0.6) is 0 Å². The van der Waals surface area contributed by atoms with Gasteiger partial charge in [-0.15, -0.1) is 0 Å². The lowest BCUT2D eigenvalue weighted by molar-refractivity contribution is 0.148. The molecule has 0 saturated carbocycles. The van der Waals surface area contributed by atoms with Crippen LogP contribution in [-0.4, -0.2) is 43.3 Å². The monoisotopic (exact) mass is 306 g/mol. The molecule has 3 nitrogen and oxygen atoms in total. The molecule has 1 atom stereocenters. The highest BCUT2D eigenvalue weighted by Crippen LogP contribution is 2.25. The third kappa shape index (κ3) is 4.70. The topological polar surface area (TPSA) is 35.5 Å². The maximum atomic E-state index is 9.66. The van der Waals surface area contributed by atoms with Crippen molar-refractivity contribution < 1.29 is 5.11 Å². The Bertz CT molecular complexity index is 347. The van der Waals surface area contributed by atoms with Crippen molar-refractivity contribution in [2.75, 3.05) is 32.5 Å². The molecular weight excluding hydrogens is 291 g/mol. The van der Waals surface area contributed by atoms with E-state index in [1.54, 1.807) is 0 Å². The second-order valence-corrected chi connectivity index (χ2v) is 5.19. The van der Waals surface area contributed by atoms with Crippen LogP contribution in [0.2, 0.25) is 5.02 Å². The summed E-state index contributed by atoms with van der Waals surface area (Å²) >= 11 is 9.23. The average molecular weight is 308 g/mol. The Balaban J connectivity index is 2.45. The number of aliphatic hydroxyl groups is 1. The number of halogens is 2. The lowest BCUT2D eigenvalue weighted by atomic mass is 10.3. The zero-order valence-corrected chi connectivity index (χ0v) is 11.7. The highest BCUT2D eigenvalue weighted by atomic mass is 79.9. The summed E-state index contributed by atoms with van der Waals surface area (Å²) in [7, 11) is 3.87. The number of anilines is 1. The van der Waals surface area contributed by atoms with E-state index in [1.807, 2.05) is 37.2 Å². The third-order valence-electron chi connectivity index (χ3n) is 2.04. The van der Waals surface area contributed by atoms with Gasteiger partial charge in [-0.3, -0.25) is 0 Å². The Labute approximate surface area is 110 Å². The predicted molar refractivity (Wildman–Crippen MR) is 72.2 cm³/mol. The SMILES string of the molecule is CN(C)CC(O)CNc1ccc(Cl)c(Br)c1. The molecule has 0 radical (unpaired) electrons.